The van der Waals surface area contributed by atoms with E-state index in [0.717, 1.165) is 0 Å². The maximum absolute atomic E-state index is 9.24. The Bertz CT molecular complexity index is 104. The minimum absolute atomic E-state index is 0.278. The zero-order valence-electron chi connectivity index (χ0n) is 7.04. The molecule has 0 fully saturated rings. The van der Waals surface area contributed by atoms with Crippen LogP contribution in [0.3, 0.4) is 0 Å². The van der Waals surface area contributed by atoms with Gasteiger partial charge in [0.1, 0.15) is 0 Å². The first-order chi connectivity index (χ1) is 4.98. The zero-order chi connectivity index (χ0) is 8.91. The molecule has 68 valence electrons. The maximum atomic E-state index is 9.24. The van der Waals surface area contributed by atoms with Gasteiger partial charge in [0.25, 0.3) is 0 Å². The summed E-state index contributed by atoms with van der Waals surface area (Å²) < 4.78 is 0. The van der Waals surface area contributed by atoms with Crippen LogP contribution in [0.2, 0.25) is 0 Å². The SMILES string of the molecule is CC(O)CNCC(C)(O)CO. The molecule has 11 heavy (non-hydrogen) atoms. The van der Waals surface area contributed by atoms with E-state index >= 15 is 0 Å². The molecule has 0 aromatic carbocycles. The van der Waals surface area contributed by atoms with Gasteiger partial charge < -0.3 is 20.6 Å². The Labute approximate surface area is 66.9 Å². The first-order valence-electron chi connectivity index (χ1n) is 3.70. The molecule has 4 N–H and O–H groups in total. The average molecular weight is 163 g/mol. The Morgan fingerprint density at radius 2 is 2.09 bits per heavy atom. The molecule has 2 unspecified atom stereocenters. The van der Waals surface area contributed by atoms with Crippen LogP contribution in [0.5, 0.6) is 0 Å². The second kappa shape index (κ2) is 4.66. The molecule has 4 heteroatoms. The molecule has 0 aliphatic carbocycles. The van der Waals surface area contributed by atoms with Gasteiger partial charge in [0.15, 0.2) is 0 Å². The van der Waals surface area contributed by atoms with E-state index in [2.05, 4.69) is 5.32 Å². The zero-order valence-corrected chi connectivity index (χ0v) is 7.04. The number of aliphatic hydroxyl groups excluding tert-OH is 2. The lowest BCUT2D eigenvalue weighted by Gasteiger charge is -2.21. The molecule has 0 heterocycles. The van der Waals surface area contributed by atoms with Gasteiger partial charge in [0, 0.05) is 13.1 Å². The minimum Gasteiger partial charge on any atom is -0.393 e. The van der Waals surface area contributed by atoms with Gasteiger partial charge in [-0.2, -0.15) is 0 Å². The van der Waals surface area contributed by atoms with Crippen molar-refractivity contribution in [3.63, 3.8) is 0 Å². The van der Waals surface area contributed by atoms with E-state index in [-0.39, 0.29) is 13.2 Å². The van der Waals surface area contributed by atoms with Crippen LogP contribution in [0.4, 0.5) is 0 Å². The quantitative estimate of drug-likeness (QED) is 0.406. The Hall–Kier alpha value is -0.160. The third-order valence-electron chi connectivity index (χ3n) is 1.29. The van der Waals surface area contributed by atoms with Gasteiger partial charge in [-0.05, 0) is 13.8 Å². The monoisotopic (exact) mass is 163 g/mol. The van der Waals surface area contributed by atoms with Crippen molar-refractivity contribution in [3.05, 3.63) is 0 Å². The molecule has 0 aromatic rings. The smallest absolute Gasteiger partial charge is 0.0972 e. The fraction of sp³-hybridized carbons (Fsp3) is 1.00. The molecule has 0 aliphatic heterocycles. The molecule has 0 spiro atoms. The van der Waals surface area contributed by atoms with Gasteiger partial charge in [-0.3, -0.25) is 0 Å². The summed E-state index contributed by atoms with van der Waals surface area (Å²) in [5.74, 6) is 0. The predicted octanol–water partition coefficient (Wildman–Crippen LogP) is -1.30. The highest BCUT2D eigenvalue weighted by Crippen LogP contribution is 1.97. The van der Waals surface area contributed by atoms with Gasteiger partial charge >= 0.3 is 0 Å². The molecule has 0 rings (SSSR count). The summed E-state index contributed by atoms with van der Waals surface area (Å²) in [6.07, 6.45) is -0.426. The van der Waals surface area contributed by atoms with Crippen LogP contribution in [-0.4, -0.2) is 46.7 Å². The van der Waals surface area contributed by atoms with Crippen molar-refractivity contribution in [1.82, 2.24) is 5.32 Å². The summed E-state index contributed by atoms with van der Waals surface area (Å²) in [6.45, 7) is 3.62. The predicted molar refractivity (Wildman–Crippen MR) is 42.3 cm³/mol. The standard InChI is InChI=1S/C7H17NO3/c1-6(10)3-8-4-7(2,11)5-9/h6,8-11H,3-5H2,1-2H3. The van der Waals surface area contributed by atoms with Gasteiger partial charge in [-0.15, -0.1) is 0 Å². The van der Waals surface area contributed by atoms with Crippen molar-refractivity contribution < 1.29 is 15.3 Å². The van der Waals surface area contributed by atoms with Crippen LogP contribution in [0.1, 0.15) is 13.8 Å². The van der Waals surface area contributed by atoms with Gasteiger partial charge in [0.2, 0.25) is 0 Å². The van der Waals surface area contributed by atoms with E-state index < -0.39 is 11.7 Å². The molecule has 0 saturated heterocycles. The molecule has 2 atom stereocenters. The van der Waals surface area contributed by atoms with E-state index in [1.165, 1.54) is 6.92 Å². The molecule has 0 amide bonds. The molecule has 0 bridgehead atoms. The summed E-state index contributed by atoms with van der Waals surface area (Å²) in [7, 11) is 0. The molecule has 0 aliphatic rings. The van der Waals surface area contributed by atoms with Crippen molar-refractivity contribution in [2.75, 3.05) is 19.7 Å². The number of hydrogen-bond donors (Lipinski definition) is 4. The van der Waals surface area contributed by atoms with Crippen LogP contribution >= 0.6 is 0 Å². The normalized spacial score (nSPS) is 19.4. The Morgan fingerprint density at radius 3 is 2.45 bits per heavy atom. The van der Waals surface area contributed by atoms with Crippen molar-refractivity contribution in [1.29, 1.82) is 0 Å². The second-order valence-corrected chi connectivity index (χ2v) is 3.13. The minimum atomic E-state index is -1.09. The fourth-order valence-electron chi connectivity index (χ4n) is 0.606. The Kier molecular flexibility index (Phi) is 4.60. The highest BCUT2D eigenvalue weighted by atomic mass is 16.3. The number of nitrogens with one attached hydrogen (secondary N) is 1. The van der Waals surface area contributed by atoms with Crippen LogP contribution in [0.15, 0.2) is 0 Å². The highest BCUT2D eigenvalue weighted by Gasteiger charge is 2.17. The van der Waals surface area contributed by atoms with Crippen LogP contribution in [0.25, 0.3) is 0 Å². The van der Waals surface area contributed by atoms with Crippen LogP contribution < -0.4 is 5.32 Å². The van der Waals surface area contributed by atoms with Gasteiger partial charge in [-0.25, -0.2) is 0 Å². The number of hydrogen-bond acceptors (Lipinski definition) is 4. The van der Waals surface area contributed by atoms with Crippen LogP contribution in [0, 0.1) is 0 Å². The molecular formula is C7H17NO3. The summed E-state index contributed by atoms with van der Waals surface area (Å²) in [5, 5.41) is 29.5. The first kappa shape index (κ1) is 10.8. The van der Waals surface area contributed by atoms with E-state index in [4.69, 9.17) is 10.2 Å². The molecule has 0 aromatic heterocycles. The van der Waals surface area contributed by atoms with Gasteiger partial charge in [0.05, 0.1) is 18.3 Å². The third-order valence-corrected chi connectivity index (χ3v) is 1.29. The third kappa shape index (κ3) is 6.25. The summed E-state index contributed by atoms with van der Waals surface area (Å²) in [4.78, 5) is 0. The largest absolute Gasteiger partial charge is 0.393 e. The van der Waals surface area contributed by atoms with E-state index in [9.17, 15) is 5.11 Å². The summed E-state index contributed by atoms with van der Waals surface area (Å²) >= 11 is 0. The number of rotatable bonds is 5. The number of aliphatic hydroxyl groups is 3. The lowest BCUT2D eigenvalue weighted by atomic mass is 10.1. The van der Waals surface area contributed by atoms with E-state index in [1.54, 1.807) is 6.92 Å². The maximum Gasteiger partial charge on any atom is 0.0972 e. The van der Waals surface area contributed by atoms with Crippen molar-refractivity contribution in [2.45, 2.75) is 25.6 Å². The van der Waals surface area contributed by atoms with Crippen LogP contribution in [-0.2, 0) is 0 Å². The van der Waals surface area contributed by atoms with Gasteiger partial charge in [-0.1, -0.05) is 0 Å². The molecule has 0 radical (unpaired) electrons. The lowest BCUT2D eigenvalue weighted by Crippen LogP contribution is -2.42. The fourth-order valence-corrected chi connectivity index (χ4v) is 0.606. The molecule has 4 nitrogen and oxygen atoms in total. The second-order valence-electron chi connectivity index (χ2n) is 3.13. The topological polar surface area (TPSA) is 72.7 Å². The Balaban J connectivity index is 3.38. The van der Waals surface area contributed by atoms with Crippen molar-refractivity contribution in [3.8, 4) is 0 Å². The molecule has 0 saturated carbocycles. The Morgan fingerprint density at radius 1 is 1.55 bits per heavy atom. The summed E-state index contributed by atoms with van der Waals surface area (Å²) in [5.41, 5.74) is -1.09. The molecular weight excluding hydrogens is 146 g/mol. The first-order valence-corrected chi connectivity index (χ1v) is 3.70. The van der Waals surface area contributed by atoms with E-state index in [1.807, 2.05) is 0 Å². The highest BCUT2D eigenvalue weighted by molar-refractivity contribution is 4.74. The summed E-state index contributed by atoms with van der Waals surface area (Å²) in [6, 6.07) is 0. The van der Waals surface area contributed by atoms with Crippen molar-refractivity contribution in [2.24, 2.45) is 0 Å². The van der Waals surface area contributed by atoms with Crippen molar-refractivity contribution >= 4 is 0 Å². The lowest BCUT2D eigenvalue weighted by molar-refractivity contribution is 0.00112. The van der Waals surface area contributed by atoms with E-state index in [0.29, 0.717) is 6.54 Å². The average Bonchev–Trinajstić information content (AvgIpc) is 1.87.